The van der Waals surface area contributed by atoms with Gasteiger partial charge in [0, 0.05) is 35.3 Å². The van der Waals surface area contributed by atoms with Gasteiger partial charge in [0.2, 0.25) is 0 Å². The first-order valence-electron chi connectivity index (χ1n) is 7.36. The maximum absolute atomic E-state index is 12.4. The summed E-state index contributed by atoms with van der Waals surface area (Å²) in [5.41, 5.74) is 1.30. The number of ether oxygens (including phenoxy) is 1. The van der Waals surface area contributed by atoms with Crippen molar-refractivity contribution in [3.8, 4) is 0 Å². The van der Waals surface area contributed by atoms with Crippen LogP contribution in [0.5, 0.6) is 0 Å². The molecule has 0 bridgehead atoms. The summed E-state index contributed by atoms with van der Waals surface area (Å²) < 4.78 is 5.38. The van der Waals surface area contributed by atoms with Gasteiger partial charge in [-0.2, -0.15) is 0 Å². The van der Waals surface area contributed by atoms with Gasteiger partial charge in [0.25, 0.3) is 5.91 Å². The number of carbonyl (C=O) groups excluding carboxylic acids is 1. The van der Waals surface area contributed by atoms with E-state index in [4.69, 9.17) is 16.3 Å². The SMILES string of the molecule is Cc1cc(Cl)ccc1C(=O)N[C@@H]1C[C@@H](O)C12CCOCC2. The number of nitrogens with one attached hydrogen (secondary N) is 1. The van der Waals surface area contributed by atoms with Crippen molar-refractivity contribution in [1.29, 1.82) is 0 Å². The standard InChI is InChI=1S/C16H20ClNO3/c1-10-8-11(17)2-3-12(10)15(20)18-13-9-14(19)16(13)4-6-21-7-5-16/h2-3,8,13-14,19H,4-7,9H2,1H3,(H,18,20)/t13-,14-/m1/s1. The second-order valence-electron chi connectivity index (χ2n) is 6.08. The molecule has 1 spiro atoms. The lowest BCUT2D eigenvalue weighted by atomic mass is 9.58. The molecule has 114 valence electrons. The van der Waals surface area contributed by atoms with E-state index >= 15 is 0 Å². The predicted molar refractivity (Wildman–Crippen MR) is 80.6 cm³/mol. The highest BCUT2D eigenvalue weighted by molar-refractivity contribution is 6.30. The summed E-state index contributed by atoms with van der Waals surface area (Å²) >= 11 is 5.92. The molecule has 0 unspecified atom stereocenters. The number of halogens is 1. The summed E-state index contributed by atoms with van der Waals surface area (Å²) in [7, 11) is 0. The van der Waals surface area contributed by atoms with Crippen molar-refractivity contribution >= 4 is 17.5 Å². The Morgan fingerprint density at radius 1 is 1.43 bits per heavy atom. The molecule has 2 aliphatic rings. The van der Waals surface area contributed by atoms with Crippen LogP contribution < -0.4 is 5.32 Å². The summed E-state index contributed by atoms with van der Waals surface area (Å²) in [5.74, 6) is -0.0908. The number of aliphatic hydroxyl groups excluding tert-OH is 1. The Morgan fingerprint density at radius 2 is 2.14 bits per heavy atom. The number of amides is 1. The number of aliphatic hydroxyl groups is 1. The molecule has 5 heteroatoms. The van der Waals surface area contributed by atoms with E-state index in [9.17, 15) is 9.90 Å². The van der Waals surface area contributed by atoms with Crippen LogP contribution in [0, 0.1) is 12.3 Å². The van der Waals surface area contributed by atoms with E-state index in [2.05, 4.69) is 5.32 Å². The van der Waals surface area contributed by atoms with E-state index < -0.39 is 0 Å². The number of carbonyl (C=O) groups is 1. The van der Waals surface area contributed by atoms with Gasteiger partial charge in [0.05, 0.1) is 6.10 Å². The largest absolute Gasteiger partial charge is 0.392 e. The van der Waals surface area contributed by atoms with Gasteiger partial charge >= 0.3 is 0 Å². The molecule has 3 rings (SSSR count). The third-order valence-corrected chi connectivity index (χ3v) is 5.21. The van der Waals surface area contributed by atoms with Crippen molar-refractivity contribution < 1.29 is 14.6 Å². The Hall–Kier alpha value is -1.10. The monoisotopic (exact) mass is 309 g/mol. The topological polar surface area (TPSA) is 58.6 Å². The molecule has 1 aliphatic heterocycles. The molecule has 2 N–H and O–H groups in total. The first-order valence-corrected chi connectivity index (χ1v) is 7.73. The predicted octanol–water partition coefficient (Wildman–Crippen LogP) is 2.31. The molecule has 1 saturated carbocycles. The summed E-state index contributed by atoms with van der Waals surface area (Å²) in [5, 5.41) is 13.9. The van der Waals surface area contributed by atoms with Crippen molar-refractivity contribution in [2.45, 2.75) is 38.3 Å². The smallest absolute Gasteiger partial charge is 0.251 e. The second-order valence-corrected chi connectivity index (χ2v) is 6.52. The number of aryl methyl sites for hydroxylation is 1. The van der Waals surface area contributed by atoms with Gasteiger partial charge in [0.15, 0.2) is 0 Å². The van der Waals surface area contributed by atoms with Gasteiger partial charge in [-0.05, 0) is 49.9 Å². The van der Waals surface area contributed by atoms with E-state index in [0.717, 1.165) is 18.4 Å². The number of benzene rings is 1. The lowest BCUT2D eigenvalue weighted by molar-refractivity contribution is -0.145. The first-order chi connectivity index (χ1) is 10.0. The maximum Gasteiger partial charge on any atom is 0.251 e. The van der Waals surface area contributed by atoms with Crippen LogP contribution in [0.15, 0.2) is 18.2 Å². The van der Waals surface area contributed by atoms with Gasteiger partial charge in [-0.25, -0.2) is 0 Å². The van der Waals surface area contributed by atoms with Crippen molar-refractivity contribution in [3.63, 3.8) is 0 Å². The third kappa shape index (κ3) is 2.56. The van der Waals surface area contributed by atoms with Crippen LogP contribution in [-0.4, -0.2) is 36.4 Å². The van der Waals surface area contributed by atoms with Gasteiger partial charge in [-0.3, -0.25) is 4.79 Å². The van der Waals surface area contributed by atoms with Crippen molar-refractivity contribution in [3.05, 3.63) is 34.3 Å². The Labute approximate surface area is 129 Å². The zero-order valence-electron chi connectivity index (χ0n) is 12.1. The highest BCUT2D eigenvalue weighted by Gasteiger charge is 2.55. The van der Waals surface area contributed by atoms with Crippen molar-refractivity contribution in [2.24, 2.45) is 5.41 Å². The molecule has 4 nitrogen and oxygen atoms in total. The quantitative estimate of drug-likeness (QED) is 0.881. The van der Waals surface area contributed by atoms with Crippen LogP contribution in [0.1, 0.15) is 35.2 Å². The van der Waals surface area contributed by atoms with E-state index in [1.165, 1.54) is 0 Å². The van der Waals surface area contributed by atoms with Crippen LogP contribution in [0.2, 0.25) is 5.02 Å². The van der Waals surface area contributed by atoms with Crippen molar-refractivity contribution in [2.75, 3.05) is 13.2 Å². The van der Waals surface area contributed by atoms with Crippen LogP contribution in [0.3, 0.4) is 0 Å². The normalized spacial score (nSPS) is 27.2. The summed E-state index contributed by atoms with van der Waals surface area (Å²) in [6.45, 7) is 3.19. The maximum atomic E-state index is 12.4. The molecule has 2 fully saturated rings. The minimum atomic E-state index is -0.335. The molecular weight excluding hydrogens is 290 g/mol. The van der Waals surface area contributed by atoms with Gasteiger partial charge in [-0.1, -0.05) is 11.6 Å². The summed E-state index contributed by atoms with van der Waals surface area (Å²) in [6.07, 6.45) is 1.90. The van der Waals surface area contributed by atoms with E-state index in [0.29, 0.717) is 30.2 Å². The van der Waals surface area contributed by atoms with Crippen LogP contribution >= 0.6 is 11.6 Å². The third-order valence-electron chi connectivity index (χ3n) is 4.98. The van der Waals surface area contributed by atoms with E-state index in [1.807, 2.05) is 6.92 Å². The Morgan fingerprint density at radius 3 is 2.76 bits per heavy atom. The van der Waals surface area contributed by atoms with Gasteiger partial charge in [0.1, 0.15) is 0 Å². The van der Waals surface area contributed by atoms with Crippen LogP contribution in [0.4, 0.5) is 0 Å². The number of hydrogen-bond donors (Lipinski definition) is 2. The van der Waals surface area contributed by atoms with Crippen LogP contribution in [0.25, 0.3) is 0 Å². The molecule has 0 aromatic heterocycles. The fourth-order valence-electron chi connectivity index (χ4n) is 3.52. The summed E-state index contributed by atoms with van der Waals surface area (Å²) in [4.78, 5) is 12.4. The molecule has 1 aromatic rings. The number of hydrogen-bond acceptors (Lipinski definition) is 3. The Kier molecular flexibility index (Phi) is 3.95. The zero-order chi connectivity index (χ0) is 15.0. The van der Waals surface area contributed by atoms with Crippen molar-refractivity contribution in [1.82, 2.24) is 5.32 Å². The number of rotatable bonds is 2. The minimum absolute atomic E-state index is 0.0268. The molecule has 1 aliphatic carbocycles. The Balaban J connectivity index is 1.73. The zero-order valence-corrected chi connectivity index (χ0v) is 12.8. The molecule has 1 amide bonds. The molecule has 2 atom stereocenters. The molecule has 1 saturated heterocycles. The lowest BCUT2D eigenvalue weighted by Gasteiger charge is -2.55. The summed E-state index contributed by atoms with van der Waals surface area (Å²) in [6, 6.07) is 5.29. The molecule has 1 heterocycles. The molecular formula is C16H20ClNO3. The molecule has 1 aromatic carbocycles. The fraction of sp³-hybridized carbons (Fsp3) is 0.562. The van der Waals surface area contributed by atoms with Crippen LogP contribution in [-0.2, 0) is 4.74 Å². The van der Waals surface area contributed by atoms with Gasteiger partial charge in [-0.15, -0.1) is 0 Å². The Bertz CT molecular complexity index is 554. The van der Waals surface area contributed by atoms with E-state index in [-0.39, 0.29) is 23.5 Å². The van der Waals surface area contributed by atoms with Gasteiger partial charge < -0.3 is 15.2 Å². The lowest BCUT2D eigenvalue weighted by Crippen LogP contribution is -2.65. The van der Waals surface area contributed by atoms with E-state index in [1.54, 1.807) is 18.2 Å². The minimum Gasteiger partial charge on any atom is -0.392 e. The molecule has 0 radical (unpaired) electrons. The first kappa shape index (κ1) is 14.8. The average Bonchev–Trinajstić information content (AvgIpc) is 2.47. The fourth-order valence-corrected chi connectivity index (χ4v) is 3.74. The average molecular weight is 310 g/mol. The highest BCUT2D eigenvalue weighted by Crippen LogP contribution is 2.49. The molecule has 21 heavy (non-hydrogen) atoms. The second kappa shape index (κ2) is 5.59. The highest BCUT2D eigenvalue weighted by atomic mass is 35.5.